The van der Waals surface area contributed by atoms with Crippen molar-refractivity contribution in [2.45, 2.75) is 33.4 Å². The maximum atomic E-state index is 12.6. The summed E-state index contributed by atoms with van der Waals surface area (Å²) in [5, 5.41) is 5.52. The number of carbonyl (C=O) groups excluding carboxylic acids is 1. The van der Waals surface area contributed by atoms with E-state index in [-0.39, 0.29) is 24.1 Å². The molecule has 0 bridgehead atoms. The summed E-state index contributed by atoms with van der Waals surface area (Å²) in [6.45, 7) is 5.91. The maximum Gasteiger partial charge on any atom is 0.269 e. The molecular formula is C22H25N3O3. The maximum absolute atomic E-state index is 12.6. The van der Waals surface area contributed by atoms with Crippen molar-refractivity contribution in [2.75, 3.05) is 0 Å². The highest BCUT2D eigenvalue weighted by molar-refractivity contribution is 5.95. The normalized spacial score (nSPS) is 11.9. The van der Waals surface area contributed by atoms with Gasteiger partial charge in [0.2, 0.25) is 0 Å². The van der Waals surface area contributed by atoms with Gasteiger partial charge in [-0.05, 0) is 50.1 Å². The van der Waals surface area contributed by atoms with Crippen molar-refractivity contribution in [1.82, 2.24) is 15.1 Å². The highest BCUT2D eigenvalue weighted by atomic mass is 16.5. The van der Waals surface area contributed by atoms with Crippen molar-refractivity contribution in [3.05, 3.63) is 86.8 Å². The van der Waals surface area contributed by atoms with Crippen LogP contribution in [0.15, 0.2) is 53.3 Å². The quantitative estimate of drug-likeness (QED) is 0.689. The second-order valence-corrected chi connectivity index (χ2v) is 6.89. The van der Waals surface area contributed by atoms with Gasteiger partial charge in [0.05, 0.1) is 12.1 Å². The van der Waals surface area contributed by atoms with Crippen molar-refractivity contribution in [1.29, 1.82) is 0 Å². The molecule has 1 unspecified atom stereocenters. The smallest absolute Gasteiger partial charge is 0.269 e. The van der Waals surface area contributed by atoms with Crippen LogP contribution in [-0.4, -0.2) is 15.7 Å². The molecule has 0 aliphatic rings. The van der Waals surface area contributed by atoms with E-state index in [1.165, 1.54) is 0 Å². The van der Waals surface area contributed by atoms with E-state index in [0.29, 0.717) is 11.1 Å². The van der Waals surface area contributed by atoms with Crippen molar-refractivity contribution < 1.29 is 9.53 Å². The number of carbonyl (C=O) groups is 1. The molecule has 28 heavy (non-hydrogen) atoms. The standard InChI is InChI=1S/C22H25N3O3/c1-14-12-17(16(3)28-18-8-6-5-7-9-18)10-11-19(14)21(26)23-13-20-15(2)25(4)24-22(20)27/h5-12,16H,13H2,1-4H3,(H,23,26)(H,24,27). The van der Waals surface area contributed by atoms with Crippen molar-refractivity contribution >= 4 is 5.91 Å². The van der Waals surface area contributed by atoms with Gasteiger partial charge in [-0.1, -0.05) is 30.3 Å². The van der Waals surface area contributed by atoms with Crippen LogP contribution < -0.4 is 15.6 Å². The molecule has 1 heterocycles. The minimum absolute atomic E-state index is 0.135. The summed E-state index contributed by atoms with van der Waals surface area (Å²) in [6.07, 6.45) is -0.135. The zero-order valence-electron chi connectivity index (χ0n) is 16.6. The largest absolute Gasteiger partial charge is 0.486 e. The molecule has 6 nitrogen and oxygen atoms in total. The lowest BCUT2D eigenvalue weighted by Crippen LogP contribution is -2.26. The summed E-state index contributed by atoms with van der Waals surface area (Å²) >= 11 is 0. The topological polar surface area (TPSA) is 76.1 Å². The SMILES string of the molecule is Cc1cc(C(C)Oc2ccccc2)ccc1C(=O)NCc1c(C)n(C)[nH]c1=O. The van der Waals surface area contributed by atoms with E-state index in [1.54, 1.807) is 17.8 Å². The zero-order chi connectivity index (χ0) is 20.3. The third kappa shape index (κ3) is 4.17. The van der Waals surface area contributed by atoms with E-state index >= 15 is 0 Å². The molecule has 3 rings (SSSR count). The van der Waals surface area contributed by atoms with E-state index in [9.17, 15) is 9.59 Å². The van der Waals surface area contributed by atoms with Gasteiger partial charge in [-0.2, -0.15) is 0 Å². The first-order valence-corrected chi connectivity index (χ1v) is 9.21. The van der Waals surface area contributed by atoms with E-state index < -0.39 is 0 Å². The summed E-state index contributed by atoms with van der Waals surface area (Å²) in [4.78, 5) is 24.5. The Morgan fingerprint density at radius 3 is 2.50 bits per heavy atom. The fourth-order valence-corrected chi connectivity index (χ4v) is 3.11. The first-order valence-electron chi connectivity index (χ1n) is 9.21. The van der Waals surface area contributed by atoms with Crippen LogP contribution in [0, 0.1) is 13.8 Å². The van der Waals surface area contributed by atoms with Crippen LogP contribution >= 0.6 is 0 Å². The van der Waals surface area contributed by atoms with E-state index in [2.05, 4.69) is 10.4 Å². The molecule has 2 aromatic carbocycles. The van der Waals surface area contributed by atoms with Gasteiger partial charge in [-0.3, -0.25) is 19.4 Å². The van der Waals surface area contributed by atoms with Crippen molar-refractivity contribution in [2.24, 2.45) is 7.05 Å². The van der Waals surface area contributed by atoms with Gasteiger partial charge in [0, 0.05) is 18.3 Å². The van der Waals surface area contributed by atoms with Crippen molar-refractivity contribution in [3.63, 3.8) is 0 Å². The van der Waals surface area contributed by atoms with Crippen LogP contribution in [-0.2, 0) is 13.6 Å². The molecule has 0 saturated carbocycles. The molecule has 6 heteroatoms. The van der Waals surface area contributed by atoms with Gasteiger partial charge in [-0.25, -0.2) is 0 Å². The first kappa shape index (κ1) is 19.5. The van der Waals surface area contributed by atoms with E-state index in [0.717, 1.165) is 22.6 Å². The highest BCUT2D eigenvalue weighted by Crippen LogP contribution is 2.23. The van der Waals surface area contributed by atoms with Crippen molar-refractivity contribution in [3.8, 4) is 5.75 Å². The number of aromatic amines is 1. The molecule has 0 fully saturated rings. The van der Waals surface area contributed by atoms with Gasteiger partial charge in [-0.15, -0.1) is 0 Å². The van der Waals surface area contributed by atoms with E-state index in [1.807, 2.05) is 63.2 Å². The molecule has 0 aliphatic heterocycles. The number of para-hydroxylation sites is 1. The lowest BCUT2D eigenvalue weighted by molar-refractivity contribution is 0.0950. The average molecular weight is 379 g/mol. The van der Waals surface area contributed by atoms with Crippen LogP contribution in [0.2, 0.25) is 0 Å². The summed E-state index contributed by atoms with van der Waals surface area (Å²) < 4.78 is 7.60. The number of hydrogen-bond donors (Lipinski definition) is 2. The molecule has 146 valence electrons. The third-order valence-electron chi connectivity index (χ3n) is 4.93. The molecular weight excluding hydrogens is 354 g/mol. The summed E-state index contributed by atoms with van der Waals surface area (Å²) in [7, 11) is 1.77. The Bertz CT molecular complexity index is 1030. The van der Waals surface area contributed by atoms with Crippen LogP contribution in [0.25, 0.3) is 0 Å². The fourth-order valence-electron chi connectivity index (χ4n) is 3.11. The Morgan fingerprint density at radius 1 is 1.18 bits per heavy atom. The van der Waals surface area contributed by atoms with Crippen LogP contribution in [0.1, 0.15) is 45.8 Å². The van der Waals surface area contributed by atoms with Crippen LogP contribution in [0.3, 0.4) is 0 Å². The molecule has 2 N–H and O–H groups in total. The highest BCUT2D eigenvalue weighted by Gasteiger charge is 2.15. The van der Waals surface area contributed by atoms with E-state index in [4.69, 9.17) is 4.74 Å². The number of ether oxygens (including phenoxy) is 1. The number of H-pyrrole nitrogens is 1. The van der Waals surface area contributed by atoms with Gasteiger partial charge in [0.25, 0.3) is 11.5 Å². The lowest BCUT2D eigenvalue weighted by Gasteiger charge is -2.17. The monoisotopic (exact) mass is 379 g/mol. The predicted octanol–water partition coefficient (Wildman–Crippen LogP) is 3.40. The molecule has 0 saturated heterocycles. The Hall–Kier alpha value is -3.28. The minimum atomic E-state index is -0.205. The molecule has 0 aliphatic carbocycles. The number of hydrogen-bond acceptors (Lipinski definition) is 3. The summed E-state index contributed by atoms with van der Waals surface area (Å²) in [5.74, 6) is 0.598. The first-order chi connectivity index (χ1) is 13.4. The molecule has 0 radical (unpaired) electrons. The number of nitrogens with zero attached hydrogens (tertiary/aromatic N) is 1. The van der Waals surface area contributed by atoms with Gasteiger partial charge >= 0.3 is 0 Å². The summed E-state index contributed by atoms with van der Waals surface area (Å²) in [5.41, 5.74) is 3.63. The Kier molecular flexibility index (Phi) is 5.68. The number of rotatable bonds is 6. The summed E-state index contributed by atoms with van der Waals surface area (Å²) in [6, 6.07) is 15.3. The molecule has 1 atom stereocenters. The Balaban J connectivity index is 1.69. The Morgan fingerprint density at radius 2 is 1.89 bits per heavy atom. The van der Waals surface area contributed by atoms with Gasteiger partial charge in [0.15, 0.2) is 0 Å². The molecule has 1 aromatic heterocycles. The zero-order valence-corrected chi connectivity index (χ0v) is 16.6. The molecule has 0 spiro atoms. The number of amides is 1. The van der Waals surface area contributed by atoms with Crippen LogP contribution in [0.5, 0.6) is 5.75 Å². The second kappa shape index (κ2) is 8.17. The number of nitrogens with one attached hydrogen (secondary N) is 2. The number of benzene rings is 2. The second-order valence-electron chi connectivity index (χ2n) is 6.89. The fraction of sp³-hybridized carbons (Fsp3) is 0.273. The predicted molar refractivity (Wildman–Crippen MR) is 109 cm³/mol. The average Bonchev–Trinajstić information content (AvgIpc) is 2.92. The number of aromatic nitrogens is 2. The molecule has 1 amide bonds. The Labute approximate surface area is 164 Å². The van der Waals surface area contributed by atoms with Gasteiger partial charge in [0.1, 0.15) is 11.9 Å². The lowest BCUT2D eigenvalue weighted by atomic mass is 10.0. The third-order valence-corrected chi connectivity index (χ3v) is 4.93. The number of aryl methyl sites for hydroxylation is 2. The minimum Gasteiger partial charge on any atom is -0.486 e. The van der Waals surface area contributed by atoms with Crippen LogP contribution in [0.4, 0.5) is 0 Å². The molecule has 3 aromatic rings. The van der Waals surface area contributed by atoms with Gasteiger partial charge < -0.3 is 10.1 Å².